The van der Waals surface area contributed by atoms with Crippen LogP contribution in [-0.2, 0) is 0 Å². The zero-order valence-corrected chi connectivity index (χ0v) is 10.3. The highest BCUT2D eigenvalue weighted by atomic mass is 19.1. The molecule has 6 nitrogen and oxygen atoms in total. The van der Waals surface area contributed by atoms with Crippen LogP contribution in [0.1, 0.15) is 12.8 Å². The van der Waals surface area contributed by atoms with Gasteiger partial charge in [0.1, 0.15) is 11.6 Å². The van der Waals surface area contributed by atoms with E-state index < -0.39 is 5.82 Å². The van der Waals surface area contributed by atoms with Gasteiger partial charge in [0.15, 0.2) is 11.5 Å². The summed E-state index contributed by atoms with van der Waals surface area (Å²) in [7, 11) is 1.69. The standard InChI is InChI=1S/C7H8FN5.C4H9N/c1-10-6-2-5(9)13-7(12-6)4(8)3-11-13;1-2-4-5-3-1/h2-3H,9H2,1H3,(H,10,12);5H,1-4H2. The molecule has 1 fully saturated rings. The molecule has 2 aromatic heterocycles. The molecule has 0 atom stereocenters. The summed E-state index contributed by atoms with van der Waals surface area (Å²) in [6, 6.07) is 1.58. The van der Waals surface area contributed by atoms with E-state index in [0.29, 0.717) is 11.6 Å². The second-order valence-corrected chi connectivity index (χ2v) is 4.00. The molecule has 0 aliphatic carbocycles. The number of nitrogens with one attached hydrogen (secondary N) is 2. The summed E-state index contributed by atoms with van der Waals surface area (Å²) in [5.74, 6) is 0.381. The summed E-state index contributed by atoms with van der Waals surface area (Å²) in [6.45, 7) is 2.50. The van der Waals surface area contributed by atoms with Crippen LogP contribution in [0.4, 0.5) is 16.0 Å². The first-order valence-corrected chi connectivity index (χ1v) is 5.90. The van der Waals surface area contributed by atoms with Crippen molar-refractivity contribution < 1.29 is 4.39 Å². The molecule has 1 aliphatic rings. The molecule has 3 rings (SSSR count). The van der Waals surface area contributed by atoms with E-state index in [4.69, 9.17) is 5.73 Å². The van der Waals surface area contributed by atoms with Crippen molar-refractivity contribution in [2.45, 2.75) is 12.8 Å². The summed E-state index contributed by atoms with van der Waals surface area (Å²) >= 11 is 0. The first kappa shape index (κ1) is 12.6. The van der Waals surface area contributed by atoms with Crippen molar-refractivity contribution in [1.29, 1.82) is 0 Å². The second kappa shape index (κ2) is 5.63. The molecular formula is C11H17FN6. The normalized spacial score (nSPS) is 14.3. The van der Waals surface area contributed by atoms with Crippen molar-refractivity contribution in [2.24, 2.45) is 0 Å². The molecule has 2 aromatic rings. The van der Waals surface area contributed by atoms with Crippen molar-refractivity contribution in [1.82, 2.24) is 19.9 Å². The van der Waals surface area contributed by atoms with Gasteiger partial charge in [-0.3, -0.25) is 0 Å². The Morgan fingerprint density at radius 3 is 2.72 bits per heavy atom. The second-order valence-electron chi connectivity index (χ2n) is 4.00. The molecular weight excluding hydrogens is 235 g/mol. The lowest BCUT2D eigenvalue weighted by Gasteiger charge is -2.02. The Bertz CT molecular complexity index is 512. The van der Waals surface area contributed by atoms with Gasteiger partial charge in [-0.25, -0.2) is 9.37 Å². The highest BCUT2D eigenvalue weighted by molar-refractivity contribution is 5.55. The van der Waals surface area contributed by atoms with Gasteiger partial charge in [0.2, 0.25) is 0 Å². The first-order chi connectivity index (χ1) is 8.72. The number of aromatic nitrogens is 3. The van der Waals surface area contributed by atoms with E-state index in [1.807, 2.05) is 0 Å². The lowest BCUT2D eigenvalue weighted by molar-refractivity contribution is 0.636. The van der Waals surface area contributed by atoms with Gasteiger partial charge in [-0.1, -0.05) is 0 Å². The summed E-state index contributed by atoms with van der Waals surface area (Å²) in [6.07, 6.45) is 3.86. The predicted octanol–water partition coefficient (Wildman–Crippen LogP) is 0.862. The molecule has 0 bridgehead atoms. The van der Waals surface area contributed by atoms with Crippen LogP contribution in [0.3, 0.4) is 0 Å². The van der Waals surface area contributed by atoms with Crippen LogP contribution >= 0.6 is 0 Å². The van der Waals surface area contributed by atoms with Crippen LogP contribution in [0.15, 0.2) is 12.3 Å². The minimum atomic E-state index is -0.483. The number of rotatable bonds is 1. The smallest absolute Gasteiger partial charge is 0.195 e. The minimum Gasteiger partial charge on any atom is -0.383 e. The molecule has 1 aliphatic heterocycles. The number of nitrogen functional groups attached to an aromatic ring is 1. The van der Waals surface area contributed by atoms with Crippen molar-refractivity contribution >= 4 is 17.3 Å². The van der Waals surface area contributed by atoms with E-state index in [1.54, 1.807) is 13.1 Å². The summed E-state index contributed by atoms with van der Waals surface area (Å²) < 4.78 is 14.3. The average molecular weight is 252 g/mol. The number of nitrogens with two attached hydrogens (primary N) is 1. The molecule has 7 heteroatoms. The van der Waals surface area contributed by atoms with Gasteiger partial charge in [-0.05, 0) is 25.9 Å². The molecule has 18 heavy (non-hydrogen) atoms. The van der Waals surface area contributed by atoms with Gasteiger partial charge in [-0.2, -0.15) is 9.61 Å². The maximum atomic E-state index is 13.0. The van der Waals surface area contributed by atoms with Crippen molar-refractivity contribution in [2.75, 3.05) is 31.2 Å². The number of hydrogen-bond donors (Lipinski definition) is 3. The Morgan fingerprint density at radius 2 is 2.17 bits per heavy atom. The minimum absolute atomic E-state index is 0.129. The van der Waals surface area contributed by atoms with Crippen molar-refractivity contribution in [3.63, 3.8) is 0 Å². The number of nitrogens with zero attached hydrogens (tertiary/aromatic N) is 3. The van der Waals surface area contributed by atoms with Gasteiger partial charge in [0, 0.05) is 13.1 Å². The molecule has 0 unspecified atom stereocenters. The van der Waals surface area contributed by atoms with Crippen LogP contribution in [-0.4, -0.2) is 34.7 Å². The highest BCUT2D eigenvalue weighted by Gasteiger charge is 2.08. The highest BCUT2D eigenvalue weighted by Crippen LogP contribution is 2.14. The molecule has 0 radical (unpaired) electrons. The fourth-order valence-electron chi connectivity index (χ4n) is 1.71. The van der Waals surface area contributed by atoms with Gasteiger partial charge in [-0.15, -0.1) is 0 Å². The van der Waals surface area contributed by atoms with Crippen LogP contribution in [0.25, 0.3) is 5.65 Å². The van der Waals surface area contributed by atoms with E-state index in [-0.39, 0.29) is 5.65 Å². The third kappa shape index (κ3) is 2.67. The van der Waals surface area contributed by atoms with Crippen LogP contribution in [0, 0.1) is 5.82 Å². The Kier molecular flexibility index (Phi) is 3.93. The lowest BCUT2D eigenvalue weighted by Crippen LogP contribution is -2.03. The largest absolute Gasteiger partial charge is 0.383 e. The molecule has 4 N–H and O–H groups in total. The zero-order valence-electron chi connectivity index (χ0n) is 10.3. The van der Waals surface area contributed by atoms with Gasteiger partial charge in [0.25, 0.3) is 0 Å². The summed E-state index contributed by atoms with van der Waals surface area (Å²) in [5, 5.41) is 9.72. The first-order valence-electron chi connectivity index (χ1n) is 5.90. The van der Waals surface area contributed by atoms with Crippen molar-refractivity contribution in [3.05, 3.63) is 18.1 Å². The molecule has 0 aromatic carbocycles. The maximum absolute atomic E-state index is 13.0. The molecule has 98 valence electrons. The third-order valence-electron chi connectivity index (χ3n) is 2.67. The molecule has 3 heterocycles. The quantitative estimate of drug-likeness (QED) is 0.701. The van der Waals surface area contributed by atoms with Crippen molar-refractivity contribution in [3.8, 4) is 0 Å². The van der Waals surface area contributed by atoms with Gasteiger partial charge < -0.3 is 16.4 Å². The molecule has 0 amide bonds. The van der Waals surface area contributed by atoms with Gasteiger partial charge >= 0.3 is 0 Å². The van der Waals surface area contributed by atoms with Gasteiger partial charge in [0.05, 0.1) is 6.20 Å². The van der Waals surface area contributed by atoms with E-state index in [2.05, 4.69) is 20.7 Å². The van der Waals surface area contributed by atoms with E-state index in [1.165, 1.54) is 30.4 Å². The molecule has 1 saturated heterocycles. The Balaban J connectivity index is 0.000000202. The van der Waals surface area contributed by atoms with Crippen LogP contribution in [0.5, 0.6) is 0 Å². The fraction of sp³-hybridized carbons (Fsp3) is 0.455. The predicted molar refractivity (Wildman–Crippen MR) is 69.0 cm³/mol. The molecule has 0 saturated carbocycles. The Labute approximate surface area is 104 Å². The third-order valence-corrected chi connectivity index (χ3v) is 2.67. The maximum Gasteiger partial charge on any atom is 0.195 e. The average Bonchev–Trinajstić information content (AvgIpc) is 3.03. The van der Waals surface area contributed by atoms with Crippen LogP contribution in [0.2, 0.25) is 0 Å². The fourth-order valence-corrected chi connectivity index (χ4v) is 1.71. The van der Waals surface area contributed by atoms with E-state index in [9.17, 15) is 4.39 Å². The zero-order chi connectivity index (χ0) is 13.0. The SMILES string of the molecule is C1CCNC1.CNc1cc(N)n2ncc(F)c2n1. The topological polar surface area (TPSA) is 80.3 Å². The monoisotopic (exact) mass is 252 g/mol. The van der Waals surface area contributed by atoms with E-state index >= 15 is 0 Å². The number of halogens is 1. The number of hydrogen-bond acceptors (Lipinski definition) is 5. The number of anilines is 2. The summed E-state index contributed by atoms with van der Waals surface area (Å²) in [5.41, 5.74) is 5.73. The Morgan fingerprint density at radius 1 is 1.44 bits per heavy atom. The van der Waals surface area contributed by atoms with E-state index in [0.717, 1.165) is 6.20 Å². The number of fused-ring (bicyclic) bond motifs is 1. The Hall–Kier alpha value is -1.89. The molecule has 0 spiro atoms. The summed E-state index contributed by atoms with van der Waals surface area (Å²) in [4.78, 5) is 3.95. The lowest BCUT2D eigenvalue weighted by atomic mass is 10.4. The van der Waals surface area contributed by atoms with Crippen LogP contribution < -0.4 is 16.4 Å².